The number of rotatable bonds is 16. The van der Waals surface area contributed by atoms with Crippen molar-refractivity contribution in [2.75, 3.05) is 13.2 Å². The van der Waals surface area contributed by atoms with Crippen LogP contribution < -0.4 is 4.74 Å². The predicted octanol–water partition coefficient (Wildman–Crippen LogP) is 8.75. The molecule has 0 spiro atoms. The average molecular weight is 411 g/mol. The topological polar surface area (TPSA) is 18.5 Å². The molecule has 1 unspecified atom stereocenters. The van der Waals surface area contributed by atoms with Crippen molar-refractivity contribution in [3.05, 3.63) is 54.1 Å². The summed E-state index contributed by atoms with van der Waals surface area (Å²) in [6.07, 6.45) is 13.1. The molecule has 1 atom stereocenters. The van der Waals surface area contributed by atoms with Crippen molar-refractivity contribution >= 4 is 0 Å². The first-order valence-electron chi connectivity index (χ1n) is 12.2. The molecule has 0 saturated carbocycles. The fourth-order valence-corrected chi connectivity index (χ4v) is 3.62. The molecule has 0 aliphatic rings. The van der Waals surface area contributed by atoms with Crippen molar-refractivity contribution in [2.24, 2.45) is 0 Å². The van der Waals surface area contributed by atoms with Crippen molar-refractivity contribution in [3.63, 3.8) is 0 Å². The second-order valence-electron chi connectivity index (χ2n) is 8.34. The monoisotopic (exact) mass is 410 g/mol. The van der Waals surface area contributed by atoms with Crippen LogP contribution in [0, 0.1) is 0 Å². The van der Waals surface area contributed by atoms with Gasteiger partial charge in [-0.3, -0.25) is 0 Å². The molecule has 2 aromatic carbocycles. The van der Waals surface area contributed by atoms with Crippen LogP contribution >= 0.6 is 0 Å². The molecule has 0 aromatic heterocycles. The summed E-state index contributed by atoms with van der Waals surface area (Å²) in [5.74, 6) is 0.951. The molecular formula is C28H42O2. The molecule has 2 aromatic rings. The lowest BCUT2D eigenvalue weighted by Crippen LogP contribution is -2.01. The zero-order valence-electron chi connectivity index (χ0n) is 19.5. The normalized spacial score (nSPS) is 12.1. The Kier molecular flexibility index (Phi) is 12.3. The number of hydrogen-bond acceptors (Lipinski definition) is 2. The summed E-state index contributed by atoms with van der Waals surface area (Å²) in [6.45, 7) is 8.26. The Bertz CT molecular complexity index is 660. The van der Waals surface area contributed by atoms with Crippen LogP contribution in [0.25, 0.3) is 11.1 Å². The van der Waals surface area contributed by atoms with E-state index in [2.05, 4.69) is 69.3 Å². The van der Waals surface area contributed by atoms with Gasteiger partial charge in [-0.25, -0.2) is 0 Å². The van der Waals surface area contributed by atoms with Crippen LogP contribution in [-0.4, -0.2) is 13.2 Å². The zero-order valence-corrected chi connectivity index (χ0v) is 19.5. The Morgan fingerprint density at radius 2 is 1.13 bits per heavy atom. The van der Waals surface area contributed by atoms with Crippen LogP contribution in [0.2, 0.25) is 0 Å². The van der Waals surface area contributed by atoms with Gasteiger partial charge in [-0.15, -0.1) is 0 Å². The fourth-order valence-electron chi connectivity index (χ4n) is 3.62. The highest BCUT2D eigenvalue weighted by atomic mass is 16.5. The van der Waals surface area contributed by atoms with E-state index in [0.717, 1.165) is 31.8 Å². The van der Waals surface area contributed by atoms with Gasteiger partial charge in [0.15, 0.2) is 0 Å². The summed E-state index contributed by atoms with van der Waals surface area (Å²) in [5.41, 5.74) is 3.70. The van der Waals surface area contributed by atoms with Crippen molar-refractivity contribution in [3.8, 4) is 16.9 Å². The maximum absolute atomic E-state index is 6.06. The number of unbranched alkanes of at least 4 members (excludes halogenated alkanes) is 8. The molecule has 0 fully saturated rings. The van der Waals surface area contributed by atoms with Gasteiger partial charge in [0.2, 0.25) is 0 Å². The molecule has 166 valence electrons. The molecule has 0 N–H and O–H groups in total. The van der Waals surface area contributed by atoms with Crippen molar-refractivity contribution in [1.29, 1.82) is 0 Å². The molecule has 0 aliphatic carbocycles. The maximum atomic E-state index is 6.06. The fraction of sp³-hybridized carbons (Fsp3) is 0.571. The van der Waals surface area contributed by atoms with Gasteiger partial charge < -0.3 is 9.47 Å². The Hall–Kier alpha value is -1.80. The van der Waals surface area contributed by atoms with Gasteiger partial charge in [0, 0.05) is 6.61 Å². The summed E-state index contributed by atoms with van der Waals surface area (Å²) in [6, 6.07) is 17.2. The lowest BCUT2D eigenvalue weighted by atomic mass is 10.0. The standard InChI is InChI=1S/C28H42O2/c1-4-6-8-9-10-11-12-13-23-29-24(3)25-14-16-26(17-15-25)27-18-20-28(21-19-27)30-22-7-5-2/h14-21,24H,4-13,22-23H2,1-3H3. The van der Waals surface area contributed by atoms with E-state index in [4.69, 9.17) is 9.47 Å². The lowest BCUT2D eigenvalue weighted by molar-refractivity contribution is 0.0627. The largest absolute Gasteiger partial charge is 0.494 e. The molecule has 2 rings (SSSR count). The van der Waals surface area contributed by atoms with Crippen LogP contribution in [0.15, 0.2) is 48.5 Å². The summed E-state index contributed by atoms with van der Waals surface area (Å²) in [5, 5.41) is 0. The van der Waals surface area contributed by atoms with E-state index >= 15 is 0 Å². The third kappa shape index (κ3) is 9.34. The highest BCUT2D eigenvalue weighted by Gasteiger charge is 2.06. The second-order valence-corrected chi connectivity index (χ2v) is 8.34. The molecule has 0 aliphatic heterocycles. The van der Waals surface area contributed by atoms with Gasteiger partial charge in [0.05, 0.1) is 12.7 Å². The van der Waals surface area contributed by atoms with Gasteiger partial charge in [-0.1, -0.05) is 102 Å². The molecule has 0 radical (unpaired) electrons. The average Bonchev–Trinajstić information content (AvgIpc) is 2.78. The summed E-state index contributed by atoms with van der Waals surface area (Å²) in [4.78, 5) is 0. The Morgan fingerprint density at radius 1 is 0.600 bits per heavy atom. The van der Waals surface area contributed by atoms with Crippen LogP contribution in [0.4, 0.5) is 0 Å². The molecule has 2 heteroatoms. The quantitative estimate of drug-likeness (QED) is 0.257. The highest BCUT2D eigenvalue weighted by Crippen LogP contribution is 2.25. The first kappa shape index (κ1) is 24.5. The minimum atomic E-state index is 0.151. The highest BCUT2D eigenvalue weighted by molar-refractivity contribution is 5.64. The first-order valence-corrected chi connectivity index (χ1v) is 12.2. The van der Waals surface area contributed by atoms with Crippen molar-refractivity contribution in [2.45, 2.75) is 91.1 Å². The van der Waals surface area contributed by atoms with Gasteiger partial charge >= 0.3 is 0 Å². The first-order chi connectivity index (χ1) is 14.7. The van der Waals surface area contributed by atoms with Crippen LogP contribution in [-0.2, 0) is 4.74 Å². The van der Waals surface area contributed by atoms with Gasteiger partial charge in [-0.05, 0) is 48.6 Å². The van der Waals surface area contributed by atoms with Crippen LogP contribution in [0.3, 0.4) is 0 Å². The van der Waals surface area contributed by atoms with E-state index in [9.17, 15) is 0 Å². The van der Waals surface area contributed by atoms with Crippen LogP contribution in [0.5, 0.6) is 5.75 Å². The molecule has 30 heavy (non-hydrogen) atoms. The second kappa shape index (κ2) is 15.1. The van der Waals surface area contributed by atoms with E-state index in [1.807, 2.05) is 0 Å². The molecule has 0 amide bonds. The summed E-state index contributed by atoms with van der Waals surface area (Å²) < 4.78 is 11.8. The van der Waals surface area contributed by atoms with E-state index in [-0.39, 0.29) is 6.10 Å². The minimum absolute atomic E-state index is 0.151. The van der Waals surface area contributed by atoms with Gasteiger partial charge in [-0.2, -0.15) is 0 Å². The number of ether oxygens (including phenoxy) is 2. The van der Waals surface area contributed by atoms with Gasteiger partial charge in [0.25, 0.3) is 0 Å². The minimum Gasteiger partial charge on any atom is -0.494 e. The zero-order chi connectivity index (χ0) is 21.4. The predicted molar refractivity (Wildman–Crippen MR) is 129 cm³/mol. The summed E-state index contributed by atoms with van der Waals surface area (Å²) >= 11 is 0. The Morgan fingerprint density at radius 3 is 1.73 bits per heavy atom. The Balaban J connectivity index is 1.69. The molecule has 0 saturated heterocycles. The molecular weight excluding hydrogens is 368 g/mol. The third-order valence-electron chi connectivity index (χ3n) is 5.70. The van der Waals surface area contributed by atoms with Crippen molar-refractivity contribution < 1.29 is 9.47 Å². The smallest absolute Gasteiger partial charge is 0.119 e. The molecule has 0 bridgehead atoms. The number of benzene rings is 2. The van der Waals surface area contributed by atoms with E-state index in [1.54, 1.807) is 0 Å². The molecule has 2 nitrogen and oxygen atoms in total. The van der Waals surface area contributed by atoms with E-state index in [1.165, 1.54) is 68.1 Å². The number of hydrogen-bond donors (Lipinski definition) is 0. The van der Waals surface area contributed by atoms with Crippen LogP contribution in [0.1, 0.15) is 96.6 Å². The summed E-state index contributed by atoms with van der Waals surface area (Å²) in [7, 11) is 0. The Labute approximate surface area is 185 Å². The molecule has 0 heterocycles. The van der Waals surface area contributed by atoms with E-state index in [0.29, 0.717) is 0 Å². The lowest BCUT2D eigenvalue weighted by Gasteiger charge is -2.14. The maximum Gasteiger partial charge on any atom is 0.119 e. The van der Waals surface area contributed by atoms with Crippen molar-refractivity contribution in [1.82, 2.24) is 0 Å². The van der Waals surface area contributed by atoms with Gasteiger partial charge in [0.1, 0.15) is 5.75 Å². The third-order valence-corrected chi connectivity index (χ3v) is 5.70. The SMILES string of the molecule is CCCCCCCCCCOC(C)c1ccc(-c2ccc(OCCCC)cc2)cc1. The van der Waals surface area contributed by atoms with E-state index < -0.39 is 0 Å².